The molecule has 3 aliphatic rings. The number of nitrogens with zero attached hydrogens (tertiary/aromatic N) is 2. The van der Waals surface area contributed by atoms with Crippen molar-refractivity contribution >= 4 is 0 Å². The molecule has 0 saturated carbocycles. The summed E-state index contributed by atoms with van der Waals surface area (Å²) in [5, 5.41) is 0. The third-order valence-electron chi connectivity index (χ3n) is 6.39. The highest BCUT2D eigenvalue weighted by Gasteiger charge is 2.50. The summed E-state index contributed by atoms with van der Waals surface area (Å²) in [7, 11) is 0. The second-order valence-corrected chi connectivity index (χ2v) is 8.11. The van der Waals surface area contributed by atoms with Crippen LogP contribution in [-0.2, 0) is 0 Å². The van der Waals surface area contributed by atoms with Crippen LogP contribution in [0.3, 0.4) is 0 Å². The van der Waals surface area contributed by atoms with E-state index in [0.29, 0.717) is 11.0 Å². The Bertz CT molecular complexity index is 341. The first kappa shape index (κ1) is 14.8. The van der Waals surface area contributed by atoms with E-state index < -0.39 is 0 Å². The van der Waals surface area contributed by atoms with Crippen LogP contribution in [0.5, 0.6) is 0 Å². The molecular weight excluding hydrogens is 246 g/mol. The predicted molar refractivity (Wildman–Crippen MR) is 84.8 cm³/mol. The van der Waals surface area contributed by atoms with Crippen molar-refractivity contribution in [1.82, 2.24) is 9.80 Å². The van der Waals surface area contributed by atoms with Crippen molar-refractivity contribution in [2.24, 2.45) is 11.1 Å². The van der Waals surface area contributed by atoms with Gasteiger partial charge in [-0.05, 0) is 63.6 Å². The second kappa shape index (κ2) is 5.58. The molecule has 2 N–H and O–H groups in total. The Morgan fingerprint density at radius 3 is 2.60 bits per heavy atom. The van der Waals surface area contributed by atoms with Crippen LogP contribution in [0, 0.1) is 5.41 Å². The molecule has 3 aliphatic heterocycles. The van der Waals surface area contributed by atoms with E-state index in [0.717, 1.165) is 12.6 Å². The molecule has 20 heavy (non-hydrogen) atoms. The van der Waals surface area contributed by atoms with Crippen LogP contribution in [0.15, 0.2) is 0 Å². The highest BCUT2D eigenvalue weighted by atomic mass is 15.3. The normalized spacial score (nSPS) is 39.5. The highest BCUT2D eigenvalue weighted by Crippen LogP contribution is 2.41. The van der Waals surface area contributed by atoms with E-state index in [4.69, 9.17) is 5.73 Å². The fraction of sp³-hybridized carbons (Fsp3) is 1.00. The standard InChI is InChI=1S/C17H33N3/c1-16(2)7-5-11-20(13-8-16)17(14-18)9-12-19-10-4-3-6-15(17)19/h15H,3-14,18H2,1-2H3. The van der Waals surface area contributed by atoms with Gasteiger partial charge >= 0.3 is 0 Å². The zero-order valence-corrected chi connectivity index (χ0v) is 13.5. The summed E-state index contributed by atoms with van der Waals surface area (Å²) in [6.45, 7) is 10.8. The lowest BCUT2D eigenvalue weighted by Crippen LogP contribution is -2.62. The maximum atomic E-state index is 6.36. The van der Waals surface area contributed by atoms with Crippen molar-refractivity contribution in [2.45, 2.75) is 70.4 Å². The Morgan fingerprint density at radius 2 is 1.80 bits per heavy atom. The van der Waals surface area contributed by atoms with Gasteiger partial charge in [0.05, 0.1) is 0 Å². The number of nitrogens with two attached hydrogens (primary N) is 1. The van der Waals surface area contributed by atoms with E-state index >= 15 is 0 Å². The van der Waals surface area contributed by atoms with Gasteiger partial charge in [-0.2, -0.15) is 0 Å². The smallest absolute Gasteiger partial charge is 0.0498 e. The average Bonchev–Trinajstić information content (AvgIpc) is 2.72. The quantitative estimate of drug-likeness (QED) is 0.843. The summed E-state index contributed by atoms with van der Waals surface area (Å²) in [5.41, 5.74) is 7.17. The van der Waals surface area contributed by atoms with E-state index in [9.17, 15) is 0 Å². The third-order valence-corrected chi connectivity index (χ3v) is 6.39. The Morgan fingerprint density at radius 1 is 0.950 bits per heavy atom. The van der Waals surface area contributed by atoms with Gasteiger partial charge in [-0.3, -0.25) is 9.80 Å². The number of hydrogen-bond acceptors (Lipinski definition) is 3. The van der Waals surface area contributed by atoms with Gasteiger partial charge in [0.25, 0.3) is 0 Å². The van der Waals surface area contributed by atoms with Gasteiger partial charge in [-0.15, -0.1) is 0 Å². The van der Waals surface area contributed by atoms with Gasteiger partial charge < -0.3 is 5.73 Å². The van der Waals surface area contributed by atoms with E-state index in [1.165, 1.54) is 71.1 Å². The summed E-state index contributed by atoms with van der Waals surface area (Å²) < 4.78 is 0. The second-order valence-electron chi connectivity index (χ2n) is 8.11. The molecular formula is C17H33N3. The first-order valence-electron chi connectivity index (χ1n) is 8.77. The molecule has 3 rings (SSSR count). The van der Waals surface area contributed by atoms with Crippen molar-refractivity contribution < 1.29 is 0 Å². The van der Waals surface area contributed by atoms with Crippen LogP contribution in [0.25, 0.3) is 0 Å². The maximum absolute atomic E-state index is 6.36. The number of rotatable bonds is 2. The summed E-state index contributed by atoms with van der Waals surface area (Å²) in [6.07, 6.45) is 9.53. The van der Waals surface area contributed by atoms with E-state index in [1.807, 2.05) is 0 Å². The fourth-order valence-corrected chi connectivity index (χ4v) is 4.98. The molecule has 3 fully saturated rings. The van der Waals surface area contributed by atoms with Gasteiger partial charge in [0.2, 0.25) is 0 Å². The van der Waals surface area contributed by atoms with Gasteiger partial charge in [-0.25, -0.2) is 0 Å². The monoisotopic (exact) mass is 279 g/mol. The lowest BCUT2D eigenvalue weighted by atomic mass is 9.83. The number of piperidine rings is 1. The van der Waals surface area contributed by atoms with Crippen LogP contribution in [-0.4, -0.2) is 54.1 Å². The molecule has 0 aliphatic carbocycles. The minimum Gasteiger partial charge on any atom is -0.329 e. The highest BCUT2D eigenvalue weighted by molar-refractivity contribution is 5.09. The minimum atomic E-state index is 0.292. The van der Waals surface area contributed by atoms with Gasteiger partial charge in [0.15, 0.2) is 0 Å². The Kier molecular flexibility index (Phi) is 4.13. The largest absolute Gasteiger partial charge is 0.329 e. The van der Waals surface area contributed by atoms with Crippen LogP contribution in [0.1, 0.15) is 58.8 Å². The molecule has 0 bridgehead atoms. The molecule has 0 spiro atoms. The number of hydrogen-bond donors (Lipinski definition) is 1. The summed E-state index contributed by atoms with van der Waals surface area (Å²) >= 11 is 0. The minimum absolute atomic E-state index is 0.292. The summed E-state index contributed by atoms with van der Waals surface area (Å²) in [6, 6.07) is 0.738. The topological polar surface area (TPSA) is 32.5 Å². The molecule has 3 heterocycles. The van der Waals surface area contributed by atoms with E-state index in [-0.39, 0.29) is 0 Å². The first-order chi connectivity index (χ1) is 9.57. The van der Waals surface area contributed by atoms with Crippen LogP contribution >= 0.6 is 0 Å². The van der Waals surface area contributed by atoms with Crippen molar-refractivity contribution in [3.8, 4) is 0 Å². The van der Waals surface area contributed by atoms with Gasteiger partial charge in [0.1, 0.15) is 0 Å². The third kappa shape index (κ3) is 2.53. The molecule has 0 radical (unpaired) electrons. The van der Waals surface area contributed by atoms with Crippen LogP contribution in [0.2, 0.25) is 0 Å². The Balaban J connectivity index is 1.78. The van der Waals surface area contributed by atoms with Crippen molar-refractivity contribution in [3.63, 3.8) is 0 Å². The van der Waals surface area contributed by atoms with Gasteiger partial charge in [0, 0.05) is 24.7 Å². The van der Waals surface area contributed by atoms with Crippen molar-refractivity contribution in [3.05, 3.63) is 0 Å². The molecule has 0 aromatic carbocycles. The lowest BCUT2D eigenvalue weighted by Gasteiger charge is -2.47. The molecule has 3 heteroatoms. The van der Waals surface area contributed by atoms with E-state index in [2.05, 4.69) is 23.6 Å². The zero-order valence-electron chi connectivity index (χ0n) is 13.5. The molecule has 0 aromatic heterocycles. The average molecular weight is 279 g/mol. The molecule has 0 amide bonds. The summed E-state index contributed by atoms with van der Waals surface area (Å²) in [4.78, 5) is 5.55. The fourth-order valence-electron chi connectivity index (χ4n) is 4.98. The molecule has 2 unspecified atom stereocenters. The van der Waals surface area contributed by atoms with Crippen LogP contribution < -0.4 is 5.73 Å². The maximum Gasteiger partial charge on any atom is 0.0498 e. The molecule has 116 valence electrons. The molecule has 0 aromatic rings. The van der Waals surface area contributed by atoms with E-state index in [1.54, 1.807) is 0 Å². The predicted octanol–water partition coefficient (Wildman–Crippen LogP) is 2.45. The van der Waals surface area contributed by atoms with Crippen LogP contribution in [0.4, 0.5) is 0 Å². The molecule has 2 atom stereocenters. The number of likely N-dealkylation sites (tertiary alicyclic amines) is 1. The Hall–Kier alpha value is -0.120. The van der Waals surface area contributed by atoms with Crippen molar-refractivity contribution in [2.75, 3.05) is 32.7 Å². The Labute approximate surface area is 124 Å². The zero-order chi connectivity index (χ0) is 14.2. The number of fused-ring (bicyclic) bond motifs is 1. The van der Waals surface area contributed by atoms with Crippen molar-refractivity contribution in [1.29, 1.82) is 0 Å². The lowest BCUT2D eigenvalue weighted by molar-refractivity contribution is 0.0379. The molecule has 3 saturated heterocycles. The molecule has 3 nitrogen and oxygen atoms in total. The SMILES string of the molecule is CC1(C)CCCN(C2(CN)CCN3CCCCC32)CC1. The van der Waals surface area contributed by atoms with Gasteiger partial charge in [-0.1, -0.05) is 20.3 Å². The first-order valence-corrected chi connectivity index (χ1v) is 8.77. The summed E-state index contributed by atoms with van der Waals surface area (Å²) in [5.74, 6) is 0.